The molecule has 4 aromatic carbocycles. The van der Waals surface area contributed by atoms with Crippen LogP contribution in [-0.4, -0.2) is 75.0 Å². The van der Waals surface area contributed by atoms with E-state index in [4.69, 9.17) is 9.47 Å². The van der Waals surface area contributed by atoms with Crippen LogP contribution in [0.3, 0.4) is 0 Å². The molecule has 4 N–H and O–H groups in total. The van der Waals surface area contributed by atoms with Crippen molar-refractivity contribution in [3.63, 3.8) is 0 Å². The van der Waals surface area contributed by atoms with Crippen LogP contribution in [0.15, 0.2) is 103 Å². The molecular weight excluding hydrogens is 967 g/mol. The van der Waals surface area contributed by atoms with Gasteiger partial charge in [-0.15, -0.1) is 0 Å². The van der Waals surface area contributed by atoms with Gasteiger partial charge in [0, 0.05) is 58.0 Å². The highest BCUT2D eigenvalue weighted by atomic mass is 19.4. The molecule has 6 aromatic rings. The highest BCUT2D eigenvalue weighted by Gasteiger charge is 2.54. The lowest BCUT2D eigenvalue weighted by molar-refractivity contribution is -0.203. The predicted molar refractivity (Wildman–Crippen MR) is 266 cm³/mol. The number of alkyl halides is 6. The number of hydroxylamine groups is 4. The Bertz CT molecular complexity index is 3290. The van der Waals surface area contributed by atoms with Gasteiger partial charge >= 0.3 is 24.3 Å². The first-order chi connectivity index (χ1) is 35.4. The summed E-state index contributed by atoms with van der Waals surface area (Å²) in [5.41, 5.74) is 1.13. The third-order valence-electron chi connectivity index (χ3n) is 16.7. The number of hydrogen-bond acceptors (Lipinski definition) is 10. The SMILES string of the molecule is CC[C@]12C=C(C(=O)OC)c3c(C[C@@H]4Nc5ccc(C(F)(F)F)cc5C(Nc5ccc(C(F)(F)F)cc5)[C@H]4c4c5n(c6ccccc46)[C@H]4N(O)CCC[C@@]4(CC)C=C5C(=O)OC)c4ccccc4n3[C@H]1N(O)CCC2. The van der Waals surface area contributed by atoms with Crippen LogP contribution in [-0.2, 0) is 37.8 Å². The molecule has 0 radical (unpaired) electrons. The summed E-state index contributed by atoms with van der Waals surface area (Å²) in [7, 11) is 2.58. The number of anilines is 2. The Morgan fingerprint density at radius 3 is 1.77 bits per heavy atom. The van der Waals surface area contributed by atoms with Crippen LogP contribution < -0.4 is 10.6 Å². The number of nitrogens with one attached hydrogen (secondary N) is 2. The molecule has 1 unspecified atom stereocenters. The standard InChI is InChI=1S/C56H56F6N6O6/c1-5-53-23-11-25-65(71)51(53)67-42-15-9-7-13-34(42)36(47(67)38(29-53)49(69)73-3)28-41-45(46(63-33-20-17-31(18-21-33)55(57,58)59)37-27-32(56(60,61)62)19-22-40(37)64-41)44-35-14-8-10-16-43(35)68-48(44)39(50(70)74-4)30-54(6-2)24-12-26-66(72)52(54)68/h7-10,13-22,27,29-30,41,45-46,51-52,63-64,71-72H,5-6,11-12,23-26,28H2,1-4H3/t41-,45+,46?,51+,52+,53-,54-/m0/s1. The number of carbonyl (C=O) groups is 2. The Kier molecular flexibility index (Phi) is 12.1. The van der Waals surface area contributed by atoms with Crippen LogP contribution in [0.1, 0.15) is 116 Å². The second-order valence-corrected chi connectivity index (χ2v) is 20.4. The molecule has 0 spiro atoms. The number of ether oxygens (including phenoxy) is 2. The van der Waals surface area contributed by atoms with Gasteiger partial charge in [-0.2, -0.15) is 36.5 Å². The van der Waals surface area contributed by atoms with Gasteiger partial charge in [0.25, 0.3) is 0 Å². The Morgan fingerprint density at radius 2 is 1.22 bits per heavy atom. The minimum atomic E-state index is -4.80. The van der Waals surface area contributed by atoms with E-state index >= 15 is 0 Å². The van der Waals surface area contributed by atoms with Crippen LogP contribution in [0, 0.1) is 10.8 Å². The lowest BCUT2D eigenvalue weighted by Gasteiger charge is -2.50. The van der Waals surface area contributed by atoms with E-state index in [1.165, 1.54) is 42.5 Å². The fraction of sp³-hybridized carbons (Fsp3) is 0.393. The number of fused-ring (bicyclic) bond motifs is 11. The molecule has 2 fully saturated rings. The zero-order valence-electron chi connectivity index (χ0n) is 41.1. The van der Waals surface area contributed by atoms with Gasteiger partial charge in [-0.3, -0.25) is 0 Å². The van der Waals surface area contributed by atoms with Crippen molar-refractivity contribution in [1.82, 2.24) is 19.3 Å². The molecule has 7 atom stereocenters. The Labute approximate surface area is 422 Å². The van der Waals surface area contributed by atoms with E-state index in [9.17, 15) is 46.3 Å². The van der Waals surface area contributed by atoms with Gasteiger partial charge < -0.3 is 39.7 Å². The molecular formula is C56H56F6N6O6. The minimum absolute atomic E-state index is 0.0649. The topological polar surface area (TPSA) is 133 Å². The Morgan fingerprint density at radius 1 is 0.703 bits per heavy atom. The third kappa shape index (κ3) is 7.64. The van der Waals surface area contributed by atoms with Crippen molar-refractivity contribution in [2.75, 3.05) is 37.9 Å². The Balaban J connectivity index is 1.23. The van der Waals surface area contributed by atoms with E-state index in [2.05, 4.69) is 10.6 Å². The summed E-state index contributed by atoms with van der Waals surface area (Å²) in [6.45, 7) is 4.68. The molecule has 0 saturated carbocycles. The second-order valence-electron chi connectivity index (χ2n) is 20.4. The molecule has 2 aromatic heterocycles. The number of aromatic nitrogens is 2. The van der Waals surface area contributed by atoms with Crippen molar-refractivity contribution in [2.45, 2.75) is 101 Å². The van der Waals surface area contributed by atoms with Crippen molar-refractivity contribution in [3.05, 3.63) is 142 Å². The lowest BCUT2D eigenvalue weighted by Crippen LogP contribution is -2.49. The summed E-state index contributed by atoms with van der Waals surface area (Å²) >= 11 is 0. The molecule has 0 bridgehead atoms. The van der Waals surface area contributed by atoms with E-state index < -0.39 is 76.6 Å². The Hall–Kier alpha value is -6.60. The molecule has 74 heavy (non-hydrogen) atoms. The van der Waals surface area contributed by atoms with Gasteiger partial charge in [-0.05, 0) is 116 Å². The number of nitrogens with zero attached hydrogens (tertiary/aromatic N) is 4. The average Bonchev–Trinajstić information content (AvgIpc) is 3.90. The highest BCUT2D eigenvalue weighted by Crippen LogP contribution is 2.59. The van der Waals surface area contributed by atoms with Crippen LogP contribution in [0.2, 0.25) is 0 Å². The number of piperidine rings is 2. The number of rotatable bonds is 9. The maximum Gasteiger partial charge on any atom is 0.416 e. The number of methoxy groups -OCH3 is 2. The maximum absolute atomic E-state index is 15.0. The molecule has 388 valence electrons. The number of esters is 2. The smallest absolute Gasteiger partial charge is 0.416 e. The molecule has 5 aliphatic rings. The van der Waals surface area contributed by atoms with Crippen molar-refractivity contribution in [2.24, 2.45) is 10.8 Å². The van der Waals surface area contributed by atoms with Crippen molar-refractivity contribution in [1.29, 1.82) is 0 Å². The van der Waals surface area contributed by atoms with E-state index in [0.29, 0.717) is 90.7 Å². The van der Waals surface area contributed by atoms with Crippen LogP contribution in [0.4, 0.5) is 37.7 Å². The van der Waals surface area contributed by atoms with Gasteiger partial charge in [0.05, 0.1) is 65.0 Å². The van der Waals surface area contributed by atoms with Gasteiger partial charge in [-0.25, -0.2) is 9.59 Å². The minimum Gasteiger partial charge on any atom is -0.465 e. The molecule has 7 heterocycles. The van der Waals surface area contributed by atoms with Crippen molar-refractivity contribution < 1.29 is 55.8 Å². The van der Waals surface area contributed by atoms with Crippen LogP contribution >= 0.6 is 0 Å². The quantitative estimate of drug-likeness (QED) is 0.0819. The van der Waals surface area contributed by atoms with Crippen LogP contribution in [0.25, 0.3) is 33.0 Å². The van der Waals surface area contributed by atoms with E-state index in [1.54, 1.807) is 0 Å². The van der Waals surface area contributed by atoms with E-state index in [1.807, 2.05) is 83.7 Å². The fourth-order valence-corrected chi connectivity index (χ4v) is 13.4. The average molecular weight is 1020 g/mol. The molecule has 0 aliphatic carbocycles. The van der Waals surface area contributed by atoms with Gasteiger partial charge in [0.1, 0.15) is 12.3 Å². The zero-order chi connectivity index (χ0) is 52.2. The zero-order valence-corrected chi connectivity index (χ0v) is 41.1. The molecule has 18 heteroatoms. The first kappa shape index (κ1) is 49.6. The monoisotopic (exact) mass is 1020 g/mol. The summed E-state index contributed by atoms with van der Waals surface area (Å²) in [6.07, 6.45) is -3.34. The number of halogens is 6. The number of para-hydroxylation sites is 2. The third-order valence-corrected chi connectivity index (χ3v) is 16.7. The molecule has 5 aliphatic heterocycles. The molecule has 11 rings (SSSR count). The number of benzene rings is 4. The first-order valence-corrected chi connectivity index (χ1v) is 25.1. The molecule has 12 nitrogen and oxygen atoms in total. The van der Waals surface area contributed by atoms with Gasteiger partial charge in [-0.1, -0.05) is 62.4 Å². The van der Waals surface area contributed by atoms with Gasteiger partial charge in [0.2, 0.25) is 0 Å². The summed E-state index contributed by atoms with van der Waals surface area (Å²) in [4.78, 5) is 28.9. The molecule has 0 amide bonds. The lowest BCUT2D eigenvalue weighted by atomic mass is 9.69. The van der Waals surface area contributed by atoms with Crippen LogP contribution in [0.5, 0.6) is 0 Å². The summed E-state index contributed by atoms with van der Waals surface area (Å²) in [6, 6.07) is 20.7. The largest absolute Gasteiger partial charge is 0.465 e. The second kappa shape index (κ2) is 18.1. The summed E-state index contributed by atoms with van der Waals surface area (Å²) < 4.78 is 102. The number of hydrogen-bond donors (Lipinski definition) is 4. The highest BCUT2D eigenvalue weighted by molar-refractivity contribution is 6.19. The normalized spacial score (nSPS) is 25.9. The van der Waals surface area contributed by atoms with Gasteiger partial charge in [0.15, 0.2) is 0 Å². The molecule has 2 saturated heterocycles. The van der Waals surface area contributed by atoms with Crippen molar-refractivity contribution >= 4 is 56.3 Å². The van der Waals surface area contributed by atoms with Crippen molar-refractivity contribution in [3.8, 4) is 0 Å². The maximum atomic E-state index is 15.0. The predicted octanol–water partition coefficient (Wildman–Crippen LogP) is 12.5. The number of carbonyl (C=O) groups excluding carboxylic acids is 2. The first-order valence-electron chi connectivity index (χ1n) is 25.1. The fourth-order valence-electron chi connectivity index (χ4n) is 13.4. The summed E-state index contributed by atoms with van der Waals surface area (Å²) in [5.74, 6) is -2.28. The summed E-state index contributed by atoms with van der Waals surface area (Å²) in [5, 5.41) is 35.0. The van der Waals surface area contributed by atoms with E-state index in [-0.39, 0.29) is 28.8 Å². The van der Waals surface area contributed by atoms with E-state index in [0.717, 1.165) is 35.2 Å².